The Morgan fingerprint density at radius 3 is 2.59 bits per heavy atom. The molecule has 0 aliphatic carbocycles. The number of hydrogen-bond donors (Lipinski definition) is 0. The number of aromatic nitrogens is 4. The van der Waals surface area contributed by atoms with Crippen molar-refractivity contribution in [3.63, 3.8) is 0 Å². The van der Waals surface area contributed by atoms with Gasteiger partial charge in [-0.25, -0.2) is 8.42 Å². The van der Waals surface area contributed by atoms with Crippen molar-refractivity contribution >= 4 is 15.7 Å². The second kappa shape index (κ2) is 7.75. The summed E-state index contributed by atoms with van der Waals surface area (Å²) in [4.78, 5) is 15.8. The minimum absolute atomic E-state index is 0.0326. The highest BCUT2D eigenvalue weighted by Gasteiger charge is 2.35. The monoisotopic (exact) mass is 391 g/mol. The Bertz CT molecular complexity index is 905. The van der Waals surface area contributed by atoms with Crippen molar-refractivity contribution in [2.24, 2.45) is 5.92 Å². The number of nitrogens with zero attached hydrogens (tertiary/aromatic N) is 5. The van der Waals surface area contributed by atoms with Crippen molar-refractivity contribution < 1.29 is 13.2 Å². The average Bonchev–Trinajstić information content (AvgIpc) is 3.19. The van der Waals surface area contributed by atoms with Gasteiger partial charge in [0.2, 0.25) is 11.7 Å². The topological polar surface area (TPSA) is 98.0 Å². The number of rotatable bonds is 6. The molecule has 1 aliphatic rings. The third-order valence-electron chi connectivity index (χ3n) is 4.57. The van der Waals surface area contributed by atoms with Crippen LogP contribution in [-0.4, -0.2) is 63.5 Å². The Kier molecular flexibility index (Phi) is 5.59. The molecule has 1 fully saturated rings. The van der Waals surface area contributed by atoms with Crippen LogP contribution in [0.3, 0.4) is 0 Å². The van der Waals surface area contributed by atoms with E-state index in [4.69, 9.17) is 0 Å². The first kappa shape index (κ1) is 19.5. The maximum atomic E-state index is 12.8. The fourth-order valence-corrected chi connectivity index (χ4v) is 4.94. The van der Waals surface area contributed by atoms with E-state index in [-0.39, 0.29) is 35.9 Å². The van der Waals surface area contributed by atoms with Crippen LogP contribution >= 0.6 is 0 Å². The molecule has 0 saturated carbocycles. The standard InChI is InChI=1S/C18H25N5O3S/c1-13(2)10-22(16-8-9-27(25,26)12-16)17(24)11-23-20-18(19-21-23)15-6-4-14(3)5-7-15/h4-7,13,16H,8-12H2,1-3H3/t16-/m0/s1. The van der Waals surface area contributed by atoms with Gasteiger partial charge in [-0.1, -0.05) is 43.7 Å². The van der Waals surface area contributed by atoms with Crippen LogP contribution in [0.25, 0.3) is 11.4 Å². The van der Waals surface area contributed by atoms with Gasteiger partial charge in [-0.05, 0) is 24.5 Å². The third-order valence-corrected chi connectivity index (χ3v) is 6.32. The predicted molar refractivity (Wildman–Crippen MR) is 102 cm³/mol. The fourth-order valence-electron chi connectivity index (χ4n) is 3.21. The number of carbonyl (C=O) groups excluding carboxylic acids is 1. The van der Waals surface area contributed by atoms with Gasteiger partial charge in [-0.3, -0.25) is 4.79 Å². The van der Waals surface area contributed by atoms with Crippen LogP contribution in [0.4, 0.5) is 0 Å². The first-order valence-electron chi connectivity index (χ1n) is 9.08. The summed E-state index contributed by atoms with van der Waals surface area (Å²) in [7, 11) is -3.06. The largest absolute Gasteiger partial charge is 0.337 e. The van der Waals surface area contributed by atoms with Crippen molar-refractivity contribution in [3.05, 3.63) is 29.8 Å². The van der Waals surface area contributed by atoms with E-state index in [1.807, 2.05) is 45.0 Å². The Hall–Kier alpha value is -2.29. The highest BCUT2D eigenvalue weighted by atomic mass is 32.2. The summed E-state index contributed by atoms with van der Waals surface area (Å²) < 4.78 is 23.6. The Labute approximate surface area is 159 Å². The first-order chi connectivity index (χ1) is 12.7. The zero-order valence-electron chi connectivity index (χ0n) is 15.9. The minimum Gasteiger partial charge on any atom is -0.337 e. The Morgan fingerprint density at radius 2 is 2.00 bits per heavy atom. The van der Waals surface area contributed by atoms with Gasteiger partial charge in [0.15, 0.2) is 9.84 Å². The summed E-state index contributed by atoms with van der Waals surface area (Å²) in [6.07, 6.45) is 0.486. The van der Waals surface area contributed by atoms with Crippen molar-refractivity contribution in [1.29, 1.82) is 0 Å². The molecule has 8 nitrogen and oxygen atoms in total. The maximum absolute atomic E-state index is 12.8. The summed E-state index contributed by atoms with van der Waals surface area (Å²) in [6.45, 7) is 6.47. The van der Waals surface area contributed by atoms with Crippen LogP contribution in [0.5, 0.6) is 0 Å². The van der Waals surface area contributed by atoms with Gasteiger partial charge in [0, 0.05) is 18.2 Å². The number of aryl methyl sites for hydroxylation is 1. The quantitative estimate of drug-likeness (QED) is 0.737. The van der Waals surface area contributed by atoms with Crippen molar-refractivity contribution in [1.82, 2.24) is 25.1 Å². The Balaban J connectivity index is 1.73. The summed E-state index contributed by atoms with van der Waals surface area (Å²) in [5.74, 6) is 0.688. The zero-order chi connectivity index (χ0) is 19.6. The van der Waals surface area contributed by atoms with Crippen LogP contribution in [0.1, 0.15) is 25.8 Å². The number of sulfone groups is 1. The van der Waals surface area contributed by atoms with Crippen LogP contribution in [0.2, 0.25) is 0 Å². The van der Waals surface area contributed by atoms with E-state index in [1.54, 1.807) is 4.90 Å². The number of benzene rings is 1. The van der Waals surface area contributed by atoms with E-state index in [1.165, 1.54) is 4.80 Å². The second-order valence-electron chi connectivity index (χ2n) is 7.51. The Morgan fingerprint density at radius 1 is 1.30 bits per heavy atom. The molecule has 1 saturated heterocycles. The summed E-state index contributed by atoms with van der Waals surface area (Å²) >= 11 is 0. The molecular weight excluding hydrogens is 366 g/mol. The van der Waals surface area contributed by atoms with E-state index in [9.17, 15) is 13.2 Å². The molecule has 1 aliphatic heterocycles. The molecule has 0 spiro atoms. The van der Waals surface area contributed by atoms with E-state index >= 15 is 0 Å². The summed E-state index contributed by atoms with van der Waals surface area (Å²) in [5, 5.41) is 12.3. The predicted octanol–water partition coefficient (Wildman–Crippen LogP) is 1.32. The maximum Gasteiger partial charge on any atom is 0.246 e. The zero-order valence-corrected chi connectivity index (χ0v) is 16.7. The van der Waals surface area contributed by atoms with Crippen LogP contribution in [0, 0.1) is 12.8 Å². The van der Waals surface area contributed by atoms with Crippen molar-refractivity contribution in [2.75, 3.05) is 18.1 Å². The third kappa shape index (κ3) is 4.91. The first-order valence-corrected chi connectivity index (χ1v) is 10.9. The molecule has 27 heavy (non-hydrogen) atoms. The molecule has 0 unspecified atom stereocenters. The lowest BCUT2D eigenvalue weighted by Crippen LogP contribution is -2.45. The van der Waals surface area contributed by atoms with E-state index in [0.717, 1.165) is 11.1 Å². The van der Waals surface area contributed by atoms with Crippen LogP contribution in [-0.2, 0) is 21.2 Å². The van der Waals surface area contributed by atoms with Gasteiger partial charge in [-0.15, -0.1) is 10.2 Å². The number of amides is 1. The van der Waals surface area contributed by atoms with Gasteiger partial charge < -0.3 is 4.90 Å². The molecule has 146 valence electrons. The van der Waals surface area contributed by atoms with Crippen molar-refractivity contribution in [2.45, 2.75) is 39.8 Å². The molecule has 2 heterocycles. The molecule has 1 aromatic carbocycles. The molecule has 9 heteroatoms. The van der Waals surface area contributed by atoms with E-state index in [2.05, 4.69) is 15.4 Å². The number of carbonyl (C=O) groups is 1. The lowest BCUT2D eigenvalue weighted by atomic mass is 10.1. The normalized spacial score (nSPS) is 18.7. The summed E-state index contributed by atoms with van der Waals surface area (Å²) in [5.41, 5.74) is 1.97. The number of hydrogen-bond acceptors (Lipinski definition) is 6. The van der Waals surface area contributed by atoms with Crippen molar-refractivity contribution in [3.8, 4) is 11.4 Å². The number of tetrazole rings is 1. The summed E-state index contributed by atoms with van der Waals surface area (Å²) in [6, 6.07) is 7.47. The van der Waals surface area contributed by atoms with Crippen LogP contribution in [0.15, 0.2) is 24.3 Å². The second-order valence-corrected chi connectivity index (χ2v) is 9.74. The SMILES string of the molecule is Cc1ccc(-c2nnn(CC(=O)N(CC(C)C)[C@H]3CCS(=O)(=O)C3)n2)cc1. The molecule has 3 rings (SSSR count). The fraction of sp³-hybridized carbons (Fsp3) is 0.556. The van der Waals surface area contributed by atoms with Gasteiger partial charge in [0.1, 0.15) is 6.54 Å². The van der Waals surface area contributed by atoms with Gasteiger partial charge in [0.05, 0.1) is 11.5 Å². The highest BCUT2D eigenvalue weighted by molar-refractivity contribution is 7.91. The van der Waals surface area contributed by atoms with E-state index in [0.29, 0.717) is 18.8 Å². The molecule has 0 N–H and O–H groups in total. The molecular formula is C18H25N5O3S. The molecule has 0 bridgehead atoms. The minimum atomic E-state index is -3.06. The molecule has 1 aromatic heterocycles. The molecule has 2 aromatic rings. The lowest BCUT2D eigenvalue weighted by molar-refractivity contribution is -0.134. The van der Waals surface area contributed by atoms with Crippen LogP contribution < -0.4 is 0 Å². The molecule has 0 radical (unpaired) electrons. The van der Waals surface area contributed by atoms with Gasteiger partial charge in [0.25, 0.3) is 0 Å². The molecule has 1 amide bonds. The van der Waals surface area contributed by atoms with Gasteiger partial charge in [-0.2, -0.15) is 4.80 Å². The average molecular weight is 391 g/mol. The van der Waals surface area contributed by atoms with E-state index < -0.39 is 9.84 Å². The molecule has 1 atom stereocenters. The van der Waals surface area contributed by atoms with Gasteiger partial charge >= 0.3 is 0 Å². The highest BCUT2D eigenvalue weighted by Crippen LogP contribution is 2.20. The lowest BCUT2D eigenvalue weighted by Gasteiger charge is -2.29. The smallest absolute Gasteiger partial charge is 0.246 e.